The van der Waals surface area contributed by atoms with Crippen molar-refractivity contribution in [1.29, 1.82) is 0 Å². The SMILES string of the molecule is Cc1ccccc1-n1ccnc1SC(C)C(=O)N1CCNC1=O. The van der Waals surface area contributed by atoms with Crippen LogP contribution in [0, 0.1) is 6.92 Å². The number of thioether (sulfide) groups is 1. The highest BCUT2D eigenvalue weighted by molar-refractivity contribution is 8.00. The van der Waals surface area contributed by atoms with Crippen molar-refractivity contribution >= 4 is 23.7 Å². The smallest absolute Gasteiger partial charge is 0.324 e. The van der Waals surface area contributed by atoms with Crippen LogP contribution in [0.3, 0.4) is 0 Å². The summed E-state index contributed by atoms with van der Waals surface area (Å²) in [6, 6.07) is 7.69. The van der Waals surface area contributed by atoms with Gasteiger partial charge in [0.05, 0.1) is 10.9 Å². The van der Waals surface area contributed by atoms with Gasteiger partial charge in [-0.2, -0.15) is 0 Å². The predicted molar refractivity (Wildman–Crippen MR) is 88.7 cm³/mol. The molecule has 1 aliphatic rings. The number of amides is 3. The molecule has 0 aliphatic carbocycles. The van der Waals surface area contributed by atoms with Gasteiger partial charge in [0.2, 0.25) is 5.91 Å². The number of nitrogens with one attached hydrogen (secondary N) is 1. The summed E-state index contributed by atoms with van der Waals surface area (Å²) in [7, 11) is 0. The summed E-state index contributed by atoms with van der Waals surface area (Å²) >= 11 is 1.36. The molecule has 1 unspecified atom stereocenters. The number of hydrogen-bond donors (Lipinski definition) is 1. The van der Waals surface area contributed by atoms with Gasteiger partial charge in [0.15, 0.2) is 5.16 Å². The number of imidazole rings is 1. The third-order valence-corrected chi connectivity index (χ3v) is 4.80. The lowest BCUT2D eigenvalue weighted by Crippen LogP contribution is -2.39. The molecule has 1 atom stereocenters. The molecule has 1 fully saturated rings. The summed E-state index contributed by atoms with van der Waals surface area (Å²) in [6.07, 6.45) is 3.60. The molecule has 1 aromatic heterocycles. The maximum absolute atomic E-state index is 12.4. The van der Waals surface area contributed by atoms with Crippen LogP contribution in [0.25, 0.3) is 5.69 Å². The topological polar surface area (TPSA) is 67.2 Å². The van der Waals surface area contributed by atoms with Gasteiger partial charge in [-0.15, -0.1) is 0 Å². The van der Waals surface area contributed by atoms with E-state index in [0.717, 1.165) is 16.4 Å². The number of carbonyl (C=O) groups excluding carboxylic acids is 2. The van der Waals surface area contributed by atoms with Gasteiger partial charge in [0.25, 0.3) is 0 Å². The van der Waals surface area contributed by atoms with E-state index in [1.165, 1.54) is 16.7 Å². The number of urea groups is 1. The van der Waals surface area contributed by atoms with Crippen LogP contribution in [0.15, 0.2) is 41.8 Å². The number of carbonyl (C=O) groups is 2. The molecule has 0 saturated carbocycles. The number of hydrogen-bond acceptors (Lipinski definition) is 4. The first-order valence-electron chi connectivity index (χ1n) is 7.43. The van der Waals surface area contributed by atoms with Crippen LogP contribution in [0.2, 0.25) is 0 Å². The van der Waals surface area contributed by atoms with Crippen molar-refractivity contribution in [2.75, 3.05) is 13.1 Å². The van der Waals surface area contributed by atoms with Crippen molar-refractivity contribution in [3.05, 3.63) is 42.2 Å². The second kappa shape index (κ2) is 6.45. The van der Waals surface area contributed by atoms with Gasteiger partial charge in [-0.1, -0.05) is 30.0 Å². The first kappa shape index (κ1) is 15.6. The molecule has 6 nitrogen and oxygen atoms in total. The molecule has 2 aromatic rings. The second-order valence-electron chi connectivity index (χ2n) is 5.35. The quantitative estimate of drug-likeness (QED) is 0.873. The Bertz CT molecular complexity index is 743. The Morgan fingerprint density at radius 1 is 1.39 bits per heavy atom. The minimum atomic E-state index is -0.385. The first-order chi connectivity index (χ1) is 11.1. The average Bonchev–Trinajstić information content (AvgIpc) is 3.16. The lowest BCUT2D eigenvalue weighted by atomic mass is 10.2. The Hall–Kier alpha value is -2.28. The van der Waals surface area contributed by atoms with E-state index in [1.54, 1.807) is 13.1 Å². The zero-order valence-corrected chi connectivity index (χ0v) is 13.8. The zero-order chi connectivity index (χ0) is 16.4. The molecule has 0 spiro atoms. The van der Waals surface area contributed by atoms with Crippen LogP contribution >= 0.6 is 11.8 Å². The summed E-state index contributed by atoms with van der Waals surface area (Å²) < 4.78 is 1.97. The molecule has 1 aromatic carbocycles. The maximum Gasteiger partial charge on any atom is 0.324 e. The minimum absolute atomic E-state index is 0.190. The van der Waals surface area contributed by atoms with Crippen molar-refractivity contribution in [3.8, 4) is 5.69 Å². The lowest BCUT2D eigenvalue weighted by molar-refractivity contribution is -0.126. The lowest BCUT2D eigenvalue weighted by Gasteiger charge is -2.18. The van der Waals surface area contributed by atoms with Crippen LogP contribution in [-0.4, -0.2) is 44.7 Å². The zero-order valence-electron chi connectivity index (χ0n) is 13.0. The number of nitrogens with zero attached hydrogens (tertiary/aromatic N) is 3. The van der Waals surface area contributed by atoms with E-state index in [0.29, 0.717) is 13.1 Å². The molecular weight excluding hydrogens is 312 g/mol. The van der Waals surface area contributed by atoms with Crippen molar-refractivity contribution < 1.29 is 9.59 Å². The standard InChI is InChI=1S/C16H18N4O2S/c1-11-5-3-4-6-13(11)19-9-8-18-16(19)23-12(2)14(21)20-10-7-17-15(20)22/h3-6,8-9,12H,7,10H2,1-2H3,(H,17,22). The van der Waals surface area contributed by atoms with E-state index in [-0.39, 0.29) is 17.2 Å². The number of imide groups is 1. The summed E-state index contributed by atoms with van der Waals surface area (Å²) in [4.78, 5) is 29.6. The molecule has 23 heavy (non-hydrogen) atoms. The molecule has 1 N–H and O–H groups in total. The maximum atomic E-state index is 12.4. The fourth-order valence-electron chi connectivity index (χ4n) is 2.50. The van der Waals surface area contributed by atoms with E-state index in [9.17, 15) is 9.59 Å². The fraction of sp³-hybridized carbons (Fsp3) is 0.312. The van der Waals surface area contributed by atoms with E-state index < -0.39 is 0 Å². The van der Waals surface area contributed by atoms with E-state index >= 15 is 0 Å². The molecule has 7 heteroatoms. The fourth-order valence-corrected chi connectivity index (χ4v) is 3.44. The Balaban J connectivity index is 1.79. The molecule has 1 saturated heterocycles. The summed E-state index contributed by atoms with van der Waals surface area (Å²) in [5.41, 5.74) is 2.16. The largest absolute Gasteiger partial charge is 0.336 e. The van der Waals surface area contributed by atoms with Crippen LogP contribution in [0.4, 0.5) is 4.79 Å². The Kier molecular flexibility index (Phi) is 4.38. The molecule has 3 rings (SSSR count). The van der Waals surface area contributed by atoms with Crippen LogP contribution in [0.5, 0.6) is 0 Å². The average molecular weight is 330 g/mol. The van der Waals surface area contributed by atoms with Crippen LogP contribution in [0.1, 0.15) is 12.5 Å². The van der Waals surface area contributed by atoms with Gasteiger partial charge >= 0.3 is 6.03 Å². The third kappa shape index (κ3) is 3.10. The first-order valence-corrected chi connectivity index (χ1v) is 8.31. The highest BCUT2D eigenvalue weighted by Crippen LogP contribution is 2.27. The third-order valence-electron chi connectivity index (χ3n) is 3.73. The van der Waals surface area contributed by atoms with Gasteiger partial charge in [-0.3, -0.25) is 14.3 Å². The van der Waals surface area contributed by atoms with Gasteiger partial charge in [0.1, 0.15) is 0 Å². The van der Waals surface area contributed by atoms with Crippen LogP contribution < -0.4 is 5.32 Å². The summed E-state index contributed by atoms with van der Waals surface area (Å²) in [6.45, 7) is 4.77. The van der Waals surface area contributed by atoms with Crippen molar-refractivity contribution in [1.82, 2.24) is 19.8 Å². The molecule has 120 valence electrons. The van der Waals surface area contributed by atoms with Crippen molar-refractivity contribution in [2.45, 2.75) is 24.3 Å². The Morgan fingerprint density at radius 3 is 2.87 bits per heavy atom. The summed E-state index contributed by atoms with van der Waals surface area (Å²) in [5, 5.41) is 3.00. The highest BCUT2D eigenvalue weighted by Gasteiger charge is 2.30. The summed E-state index contributed by atoms with van der Waals surface area (Å²) in [5.74, 6) is -0.190. The molecule has 2 heterocycles. The molecule has 1 aliphatic heterocycles. The van der Waals surface area contributed by atoms with Crippen molar-refractivity contribution in [3.63, 3.8) is 0 Å². The normalized spacial score (nSPS) is 15.6. The van der Waals surface area contributed by atoms with Gasteiger partial charge < -0.3 is 5.32 Å². The number of benzene rings is 1. The monoisotopic (exact) mass is 330 g/mol. The molecule has 3 amide bonds. The second-order valence-corrected chi connectivity index (χ2v) is 6.66. The van der Waals surface area contributed by atoms with E-state index in [4.69, 9.17) is 0 Å². The van der Waals surface area contributed by atoms with E-state index in [1.807, 2.05) is 42.0 Å². The molecular formula is C16H18N4O2S. The number of aryl methyl sites for hydroxylation is 1. The number of para-hydroxylation sites is 1. The highest BCUT2D eigenvalue weighted by atomic mass is 32.2. The van der Waals surface area contributed by atoms with E-state index in [2.05, 4.69) is 10.3 Å². The van der Waals surface area contributed by atoms with Gasteiger partial charge in [0, 0.05) is 25.5 Å². The van der Waals surface area contributed by atoms with Gasteiger partial charge in [-0.05, 0) is 25.5 Å². The molecule has 0 radical (unpaired) electrons. The van der Waals surface area contributed by atoms with Crippen LogP contribution in [-0.2, 0) is 4.79 Å². The number of aromatic nitrogens is 2. The Morgan fingerprint density at radius 2 is 2.17 bits per heavy atom. The minimum Gasteiger partial charge on any atom is -0.336 e. The predicted octanol–water partition coefficient (Wildman–Crippen LogP) is 2.21. The Labute approximate surface area is 138 Å². The molecule has 0 bridgehead atoms. The van der Waals surface area contributed by atoms with Crippen molar-refractivity contribution in [2.24, 2.45) is 0 Å². The van der Waals surface area contributed by atoms with Gasteiger partial charge in [-0.25, -0.2) is 9.78 Å². The number of rotatable bonds is 4.